The Morgan fingerprint density at radius 3 is 1.81 bits per heavy atom. The molecule has 0 unspecified atom stereocenters. The van der Waals surface area contributed by atoms with E-state index < -0.39 is 20.3 Å². The van der Waals surface area contributed by atoms with E-state index in [1.807, 2.05) is 45.0 Å². The molecule has 1 rings (SSSR count). The quantitative estimate of drug-likeness (QED) is 0.264. The van der Waals surface area contributed by atoms with Gasteiger partial charge in [0, 0.05) is 17.8 Å². The Morgan fingerprint density at radius 1 is 0.889 bits per heavy atom. The van der Waals surface area contributed by atoms with Gasteiger partial charge in [-0.2, -0.15) is 0 Å². The predicted molar refractivity (Wildman–Crippen MR) is 152 cm³/mol. The molecular weight excluding hydrogens is 468 g/mol. The minimum absolute atomic E-state index is 0.0596. The van der Waals surface area contributed by atoms with Crippen molar-refractivity contribution in [1.29, 1.82) is 0 Å². The van der Waals surface area contributed by atoms with E-state index in [-0.39, 0.29) is 46.7 Å². The highest BCUT2D eigenvalue weighted by atomic mass is 28.4. The molecule has 0 amide bonds. The van der Waals surface area contributed by atoms with Crippen molar-refractivity contribution in [3.05, 3.63) is 29.8 Å². The Bertz CT molecular complexity index is 797. The van der Waals surface area contributed by atoms with Crippen LogP contribution in [0, 0.1) is 29.6 Å². The van der Waals surface area contributed by atoms with Gasteiger partial charge in [-0.05, 0) is 47.7 Å². The van der Waals surface area contributed by atoms with Gasteiger partial charge in [0.2, 0.25) is 0 Å². The highest BCUT2D eigenvalue weighted by Crippen LogP contribution is 2.39. The van der Waals surface area contributed by atoms with Crippen molar-refractivity contribution in [3.8, 4) is 5.75 Å². The normalized spacial score (nSPS) is 18.0. The van der Waals surface area contributed by atoms with E-state index in [0.717, 1.165) is 11.3 Å². The number of aliphatic hydroxyl groups excluding tert-OH is 1. The highest BCUT2D eigenvalue weighted by molar-refractivity contribution is 6.74. The van der Waals surface area contributed by atoms with Gasteiger partial charge in [0.1, 0.15) is 11.5 Å². The third-order valence-electron chi connectivity index (χ3n) is 8.11. The third-order valence-corrected chi connectivity index (χ3v) is 12.6. The molecule has 0 saturated heterocycles. The second kappa shape index (κ2) is 13.5. The lowest BCUT2D eigenvalue weighted by Crippen LogP contribution is -2.50. The molecule has 1 aromatic carbocycles. The lowest BCUT2D eigenvalue weighted by molar-refractivity contribution is -0.137. The van der Waals surface area contributed by atoms with E-state index in [1.165, 1.54) is 0 Å². The third kappa shape index (κ3) is 8.68. The first-order valence-electron chi connectivity index (χ1n) is 13.6. The summed E-state index contributed by atoms with van der Waals surface area (Å²) >= 11 is 0. The van der Waals surface area contributed by atoms with E-state index in [0.29, 0.717) is 6.61 Å². The standard InChI is InChI=1S/C30H54O5Si/c1-19(2)28(34-18-24-14-16-25(33-11)17-15-24)22(6)26(31)21(5)27(32)23(7)29(20(3)4)35-36(12,13)30(8,9)10/h14-17,19-23,26,28-29,31H,18H2,1-13H3/t21-,22-,23+,26+,28-,29+/m0/s1. The van der Waals surface area contributed by atoms with Crippen molar-refractivity contribution in [2.45, 2.75) is 112 Å². The second-order valence-electron chi connectivity index (χ2n) is 12.8. The molecule has 0 saturated carbocycles. The Hall–Kier alpha value is -1.21. The monoisotopic (exact) mass is 522 g/mol. The second-order valence-corrected chi connectivity index (χ2v) is 17.5. The lowest BCUT2D eigenvalue weighted by Gasteiger charge is -2.42. The fourth-order valence-electron chi connectivity index (χ4n) is 4.59. The summed E-state index contributed by atoms with van der Waals surface area (Å²) in [6.45, 7) is 25.8. The number of hydrogen-bond donors (Lipinski definition) is 1. The number of ketones is 1. The smallest absolute Gasteiger partial charge is 0.192 e. The predicted octanol–water partition coefficient (Wildman–Crippen LogP) is 7.12. The number of ether oxygens (including phenoxy) is 2. The van der Waals surface area contributed by atoms with E-state index >= 15 is 0 Å². The maximum atomic E-state index is 13.6. The Balaban J connectivity index is 2.96. The van der Waals surface area contributed by atoms with Gasteiger partial charge in [0.25, 0.3) is 0 Å². The van der Waals surface area contributed by atoms with Crippen LogP contribution >= 0.6 is 0 Å². The molecule has 0 aliphatic heterocycles. The topological polar surface area (TPSA) is 65.0 Å². The summed E-state index contributed by atoms with van der Waals surface area (Å²) < 4.78 is 18.3. The zero-order valence-electron chi connectivity index (χ0n) is 25.2. The van der Waals surface area contributed by atoms with E-state index in [1.54, 1.807) is 7.11 Å². The maximum Gasteiger partial charge on any atom is 0.192 e. The van der Waals surface area contributed by atoms with Crippen LogP contribution in [0.25, 0.3) is 0 Å². The lowest BCUT2D eigenvalue weighted by atomic mass is 9.78. The fraction of sp³-hybridized carbons (Fsp3) is 0.767. The van der Waals surface area contributed by atoms with E-state index in [4.69, 9.17) is 13.9 Å². The van der Waals surface area contributed by atoms with Gasteiger partial charge in [0.15, 0.2) is 8.32 Å². The molecule has 0 heterocycles. The molecule has 1 N–H and O–H groups in total. The van der Waals surface area contributed by atoms with Crippen LogP contribution in [0.2, 0.25) is 18.1 Å². The summed E-state index contributed by atoms with van der Waals surface area (Å²) in [7, 11) is -0.399. The van der Waals surface area contributed by atoms with Gasteiger partial charge < -0.3 is 19.0 Å². The summed E-state index contributed by atoms with van der Waals surface area (Å²) in [5.41, 5.74) is 1.04. The fourth-order valence-corrected chi connectivity index (χ4v) is 6.10. The molecule has 0 aliphatic carbocycles. The van der Waals surface area contributed by atoms with Crippen molar-refractivity contribution < 1.29 is 23.8 Å². The van der Waals surface area contributed by atoms with Crippen LogP contribution in [0.5, 0.6) is 5.75 Å². The number of carbonyl (C=O) groups excluding carboxylic acids is 1. The first-order chi connectivity index (χ1) is 16.4. The summed E-state index contributed by atoms with van der Waals surface area (Å²) in [6.07, 6.45) is -1.16. The van der Waals surface area contributed by atoms with Crippen LogP contribution in [0.4, 0.5) is 0 Å². The number of rotatable bonds is 14. The summed E-state index contributed by atoms with van der Waals surface area (Å²) in [4.78, 5) is 13.6. The van der Waals surface area contributed by atoms with Crippen molar-refractivity contribution in [3.63, 3.8) is 0 Å². The molecule has 0 radical (unpaired) electrons. The van der Waals surface area contributed by atoms with Crippen molar-refractivity contribution in [2.24, 2.45) is 29.6 Å². The average molecular weight is 523 g/mol. The number of benzene rings is 1. The molecule has 6 atom stereocenters. The van der Waals surface area contributed by atoms with E-state index in [9.17, 15) is 9.90 Å². The summed E-state index contributed by atoms with van der Waals surface area (Å²) in [5.74, 6) is 0.257. The molecule has 0 fully saturated rings. The van der Waals surface area contributed by atoms with Crippen molar-refractivity contribution in [1.82, 2.24) is 0 Å². The van der Waals surface area contributed by atoms with Crippen molar-refractivity contribution in [2.75, 3.05) is 7.11 Å². The molecule has 0 aliphatic rings. The van der Waals surface area contributed by atoms with Gasteiger partial charge in [-0.3, -0.25) is 4.79 Å². The van der Waals surface area contributed by atoms with Gasteiger partial charge in [-0.25, -0.2) is 0 Å². The zero-order chi connectivity index (χ0) is 28.0. The number of Topliss-reactive ketones (excluding diaryl/α,β-unsaturated/α-hetero) is 1. The summed E-state index contributed by atoms with van der Waals surface area (Å²) in [6, 6.07) is 7.81. The van der Waals surface area contributed by atoms with Crippen LogP contribution < -0.4 is 4.74 Å². The molecule has 0 aromatic heterocycles. The van der Waals surface area contributed by atoms with Gasteiger partial charge in [-0.1, -0.05) is 81.4 Å². The summed E-state index contributed by atoms with van der Waals surface area (Å²) in [5, 5.41) is 11.4. The van der Waals surface area contributed by atoms with Crippen LogP contribution in [0.1, 0.15) is 74.8 Å². The zero-order valence-corrected chi connectivity index (χ0v) is 26.2. The molecule has 6 heteroatoms. The number of hydrogen-bond acceptors (Lipinski definition) is 5. The molecule has 0 spiro atoms. The van der Waals surface area contributed by atoms with Gasteiger partial charge in [-0.15, -0.1) is 0 Å². The minimum atomic E-state index is -2.05. The van der Waals surface area contributed by atoms with Crippen LogP contribution in [0.15, 0.2) is 24.3 Å². The van der Waals surface area contributed by atoms with Crippen LogP contribution in [0.3, 0.4) is 0 Å². The van der Waals surface area contributed by atoms with Crippen LogP contribution in [-0.4, -0.2) is 44.6 Å². The molecule has 36 heavy (non-hydrogen) atoms. The Labute approximate surface area is 222 Å². The van der Waals surface area contributed by atoms with E-state index in [2.05, 4.69) is 61.6 Å². The SMILES string of the molecule is COc1ccc(CO[C@@H](C(C)C)[C@@H](C)[C@H](O)[C@H](C)C(=O)[C@@H](C)[C@H](O[Si](C)(C)C(C)(C)C)C(C)C)cc1. The largest absolute Gasteiger partial charge is 0.497 e. The van der Waals surface area contributed by atoms with Crippen molar-refractivity contribution >= 4 is 14.1 Å². The highest BCUT2D eigenvalue weighted by Gasteiger charge is 2.43. The molecule has 1 aromatic rings. The van der Waals surface area contributed by atoms with Gasteiger partial charge >= 0.3 is 0 Å². The number of aliphatic hydroxyl groups is 1. The van der Waals surface area contributed by atoms with Crippen LogP contribution in [-0.2, 0) is 20.6 Å². The Kier molecular flexibility index (Phi) is 12.3. The first-order valence-corrected chi connectivity index (χ1v) is 16.5. The first kappa shape index (κ1) is 32.8. The molecular formula is C30H54O5Si. The number of methoxy groups -OCH3 is 1. The number of carbonyl (C=O) groups is 1. The molecule has 208 valence electrons. The minimum Gasteiger partial charge on any atom is -0.497 e. The Morgan fingerprint density at radius 2 is 1.39 bits per heavy atom. The maximum absolute atomic E-state index is 13.6. The molecule has 5 nitrogen and oxygen atoms in total. The average Bonchev–Trinajstić information content (AvgIpc) is 2.79. The molecule has 0 bridgehead atoms. The van der Waals surface area contributed by atoms with Gasteiger partial charge in [0.05, 0.1) is 32.0 Å².